The van der Waals surface area contributed by atoms with E-state index in [0.29, 0.717) is 22.7 Å². The van der Waals surface area contributed by atoms with E-state index in [4.69, 9.17) is 4.74 Å². The number of nitrogens with zero attached hydrogens (tertiary/aromatic N) is 6. The van der Waals surface area contributed by atoms with E-state index in [2.05, 4.69) is 67.9 Å². The van der Waals surface area contributed by atoms with Gasteiger partial charge < -0.3 is 9.30 Å². The van der Waals surface area contributed by atoms with E-state index in [9.17, 15) is 0 Å². The summed E-state index contributed by atoms with van der Waals surface area (Å²) in [4.78, 5) is 9.03. The van der Waals surface area contributed by atoms with Gasteiger partial charge in [0.25, 0.3) is 5.79 Å². The van der Waals surface area contributed by atoms with Gasteiger partial charge in [-0.3, -0.25) is 4.98 Å². The van der Waals surface area contributed by atoms with Gasteiger partial charge in [-0.2, -0.15) is 0 Å². The summed E-state index contributed by atoms with van der Waals surface area (Å²) in [6.45, 7) is 0.778. The predicted octanol–water partition coefficient (Wildman–Crippen LogP) is 6.43. The normalized spacial score (nSPS) is 16.6. The maximum absolute atomic E-state index is 16.0. The Morgan fingerprint density at radius 2 is 1.76 bits per heavy atom. The number of rotatable bonds is 8. The van der Waals surface area contributed by atoms with Crippen molar-refractivity contribution in [2.24, 2.45) is 15.4 Å². The summed E-state index contributed by atoms with van der Waals surface area (Å²) in [7, 11) is 1.59. The van der Waals surface area contributed by atoms with Gasteiger partial charge in [-0.15, -0.1) is 10.2 Å². The van der Waals surface area contributed by atoms with E-state index in [1.165, 1.54) is 16.3 Å². The molecule has 0 radical (unpaired) electrons. The summed E-state index contributed by atoms with van der Waals surface area (Å²) in [5.41, 5.74) is 4.13. The molecule has 38 heavy (non-hydrogen) atoms. The average Bonchev–Trinajstić information content (AvgIpc) is 3.59. The first kappa shape index (κ1) is 23.7. The summed E-state index contributed by atoms with van der Waals surface area (Å²) in [6.07, 6.45) is 6.28. The minimum Gasteiger partial charge on any atom is -0.497 e. The lowest BCUT2D eigenvalue weighted by Gasteiger charge is -2.18. The van der Waals surface area contributed by atoms with E-state index in [-0.39, 0.29) is 12.1 Å². The van der Waals surface area contributed by atoms with Crippen LogP contribution in [0.4, 0.5) is 4.39 Å². The van der Waals surface area contributed by atoms with Crippen LogP contribution in [0.5, 0.6) is 5.75 Å². The molecular weight excluding hydrogens is 479 g/mol. The second kappa shape index (κ2) is 9.97. The predicted molar refractivity (Wildman–Crippen MR) is 145 cm³/mol. The minimum atomic E-state index is -2.06. The van der Waals surface area contributed by atoms with Crippen molar-refractivity contribution < 1.29 is 9.13 Å². The number of aromatic nitrogens is 3. The van der Waals surface area contributed by atoms with E-state index >= 15 is 4.39 Å². The SMILES string of the molecule is COc1ccc(CC2(F)N=NN=C2c2ccnc(-c3cn(CCc4cccc5ccccc45)cn3)c2)cc1. The number of fused-ring (bicyclic) bond motifs is 1. The Bertz CT molecular complexity index is 1650. The quantitative estimate of drug-likeness (QED) is 0.229. The lowest BCUT2D eigenvalue weighted by atomic mass is 9.95. The summed E-state index contributed by atoms with van der Waals surface area (Å²) in [5, 5.41) is 14.0. The van der Waals surface area contributed by atoms with E-state index in [1.54, 1.807) is 43.9 Å². The average molecular weight is 505 g/mol. The Labute approximate surface area is 219 Å². The number of aryl methyl sites for hydroxylation is 2. The zero-order valence-corrected chi connectivity index (χ0v) is 20.8. The van der Waals surface area contributed by atoms with Crippen molar-refractivity contribution in [3.63, 3.8) is 0 Å². The third kappa shape index (κ3) is 4.68. The molecule has 0 saturated carbocycles. The Balaban J connectivity index is 1.19. The van der Waals surface area contributed by atoms with Crippen molar-refractivity contribution in [2.45, 2.75) is 25.2 Å². The van der Waals surface area contributed by atoms with Crippen LogP contribution < -0.4 is 4.74 Å². The molecule has 3 heterocycles. The number of hydrogen-bond donors (Lipinski definition) is 0. The lowest BCUT2D eigenvalue weighted by molar-refractivity contribution is 0.265. The molecule has 1 atom stereocenters. The molecule has 0 fully saturated rings. The smallest absolute Gasteiger partial charge is 0.269 e. The first-order valence-electron chi connectivity index (χ1n) is 12.4. The summed E-state index contributed by atoms with van der Waals surface area (Å²) < 4.78 is 23.2. The van der Waals surface area contributed by atoms with Gasteiger partial charge in [0, 0.05) is 30.9 Å². The minimum absolute atomic E-state index is 0.0137. The van der Waals surface area contributed by atoms with Crippen molar-refractivity contribution in [1.29, 1.82) is 0 Å². The van der Waals surface area contributed by atoms with Crippen LogP contribution in [0.1, 0.15) is 16.7 Å². The van der Waals surface area contributed by atoms with Gasteiger partial charge in [0.2, 0.25) is 0 Å². The molecule has 0 aliphatic carbocycles. The number of hydrogen-bond acceptors (Lipinski definition) is 6. The molecule has 2 aromatic heterocycles. The summed E-state index contributed by atoms with van der Waals surface area (Å²) in [6, 6.07) is 25.5. The van der Waals surface area contributed by atoms with Gasteiger partial charge in [-0.25, -0.2) is 9.37 Å². The Kier molecular flexibility index (Phi) is 6.21. The Morgan fingerprint density at radius 3 is 2.63 bits per heavy atom. The van der Waals surface area contributed by atoms with E-state index in [1.807, 2.05) is 22.9 Å². The van der Waals surface area contributed by atoms with Crippen molar-refractivity contribution >= 4 is 16.5 Å². The first-order valence-corrected chi connectivity index (χ1v) is 12.4. The Morgan fingerprint density at radius 1 is 0.921 bits per heavy atom. The van der Waals surface area contributed by atoms with Crippen LogP contribution in [-0.2, 0) is 19.4 Å². The molecule has 8 heteroatoms. The van der Waals surface area contributed by atoms with Crippen molar-refractivity contribution in [1.82, 2.24) is 14.5 Å². The second-order valence-electron chi connectivity index (χ2n) is 9.24. The fourth-order valence-corrected chi connectivity index (χ4v) is 4.77. The molecule has 0 amide bonds. The van der Waals surface area contributed by atoms with Gasteiger partial charge >= 0.3 is 0 Å². The van der Waals surface area contributed by atoms with E-state index < -0.39 is 5.79 Å². The zero-order valence-electron chi connectivity index (χ0n) is 20.8. The molecule has 0 spiro atoms. The number of benzene rings is 3. The van der Waals surface area contributed by atoms with Crippen molar-refractivity contribution in [2.75, 3.05) is 7.11 Å². The summed E-state index contributed by atoms with van der Waals surface area (Å²) in [5.74, 6) is -1.36. The fraction of sp³-hybridized carbons (Fsp3) is 0.167. The molecule has 7 nitrogen and oxygen atoms in total. The maximum Gasteiger partial charge on any atom is 0.269 e. The zero-order chi connectivity index (χ0) is 26.0. The molecule has 6 rings (SSSR count). The number of ether oxygens (including phenoxy) is 1. The van der Waals surface area contributed by atoms with Crippen LogP contribution in [0, 0.1) is 0 Å². The third-order valence-corrected chi connectivity index (χ3v) is 6.76. The standard InChI is InChI=1S/C30H25FN6O/c1-38-25-11-9-21(10-12-25)18-30(31)29(34-36-35-30)24-13-15-32-27(17-24)28-19-37(20-33-28)16-14-23-7-4-6-22-5-2-3-8-26(22)23/h2-13,15,17,19-20H,14,16,18H2,1H3. The van der Waals surface area contributed by atoms with Gasteiger partial charge in [0.05, 0.1) is 19.1 Å². The topological polar surface area (TPSA) is 77.0 Å². The highest BCUT2D eigenvalue weighted by atomic mass is 19.1. The Hall–Kier alpha value is -4.72. The van der Waals surface area contributed by atoms with Crippen LogP contribution in [0.3, 0.4) is 0 Å². The molecule has 3 aromatic carbocycles. The monoisotopic (exact) mass is 504 g/mol. The first-order chi connectivity index (χ1) is 18.6. The molecule has 1 unspecified atom stereocenters. The molecule has 0 saturated heterocycles. The largest absolute Gasteiger partial charge is 0.497 e. The molecule has 1 aliphatic rings. The highest BCUT2D eigenvalue weighted by Crippen LogP contribution is 2.32. The van der Waals surface area contributed by atoms with Gasteiger partial charge in [-0.05, 0) is 57.8 Å². The molecule has 5 aromatic rings. The highest BCUT2D eigenvalue weighted by Gasteiger charge is 2.41. The van der Waals surface area contributed by atoms with Crippen LogP contribution in [0.15, 0.2) is 113 Å². The summed E-state index contributed by atoms with van der Waals surface area (Å²) >= 11 is 0. The maximum atomic E-state index is 16.0. The van der Waals surface area contributed by atoms with Gasteiger partial charge in [-0.1, -0.05) is 54.6 Å². The molecule has 1 aliphatic heterocycles. The number of alkyl halides is 1. The van der Waals surface area contributed by atoms with Crippen LogP contribution >= 0.6 is 0 Å². The fourth-order valence-electron chi connectivity index (χ4n) is 4.77. The third-order valence-electron chi connectivity index (χ3n) is 6.76. The molecule has 0 bridgehead atoms. The van der Waals surface area contributed by atoms with Crippen LogP contribution in [0.2, 0.25) is 0 Å². The van der Waals surface area contributed by atoms with Crippen LogP contribution in [0.25, 0.3) is 22.2 Å². The molecule has 188 valence electrons. The number of methoxy groups -OCH3 is 1. The van der Waals surface area contributed by atoms with Gasteiger partial charge in [0.1, 0.15) is 17.2 Å². The van der Waals surface area contributed by atoms with Crippen molar-refractivity contribution in [3.8, 4) is 17.1 Å². The molecule has 0 N–H and O–H groups in total. The molecular formula is C30H25FN6O. The lowest BCUT2D eigenvalue weighted by Crippen LogP contribution is -2.32. The van der Waals surface area contributed by atoms with Crippen molar-refractivity contribution in [3.05, 3.63) is 114 Å². The number of imidazole rings is 1. The van der Waals surface area contributed by atoms with Crippen LogP contribution in [-0.4, -0.2) is 33.1 Å². The van der Waals surface area contributed by atoms with Gasteiger partial charge in [0.15, 0.2) is 0 Å². The highest BCUT2D eigenvalue weighted by molar-refractivity contribution is 6.07. The van der Waals surface area contributed by atoms with E-state index in [0.717, 1.165) is 18.5 Å². The number of pyridine rings is 1. The second-order valence-corrected chi connectivity index (χ2v) is 9.24. The number of halogens is 1.